The largest absolute Gasteiger partial charge is 0.509 e. The molecule has 0 spiro atoms. The Morgan fingerprint density at radius 3 is 2.79 bits per heavy atom. The molecule has 0 N–H and O–H groups in total. The number of carbonyl (C=O) groups is 1. The van der Waals surface area contributed by atoms with E-state index < -0.39 is 22.1 Å². The lowest BCUT2D eigenvalue weighted by atomic mass is 10.3. The maximum atomic E-state index is 11.0. The minimum atomic E-state index is -3.03. The highest BCUT2D eigenvalue weighted by Crippen LogP contribution is 2.15. The highest BCUT2D eigenvalue weighted by atomic mass is 32.2. The smallest absolute Gasteiger partial charge is 0.430 e. The fraction of sp³-hybridized carbons (Fsp3) is 0.625. The summed E-state index contributed by atoms with van der Waals surface area (Å²) in [7, 11) is -3.03. The SMILES string of the molecule is C#CCOC(=O)OC1CCS(=O)(=O)C1. The van der Waals surface area contributed by atoms with Gasteiger partial charge in [0.05, 0.1) is 11.5 Å². The Bertz CT molecular complexity index is 350. The van der Waals surface area contributed by atoms with Gasteiger partial charge in [-0.2, -0.15) is 0 Å². The lowest BCUT2D eigenvalue weighted by Crippen LogP contribution is -2.20. The molecule has 1 unspecified atom stereocenters. The van der Waals surface area contributed by atoms with E-state index >= 15 is 0 Å². The Morgan fingerprint density at radius 2 is 2.29 bits per heavy atom. The van der Waals surface area contributed by atoms with Gasteiger partial charge < -0.3 is 9.47 Å². The van der Waals surface area contributed by atoms with Crippen LogP contribution in [0.1, 0.15) is 6.42 Å². The minimum Gasteiger partial charge on any atom is -0.430 e. The molecular weight excluding hydrogens is 208 g/mol. The molecule has 1 fully saturated rings. The van der Waals surface area contributed by atoms with Crippen LogP contribution in [0.3, 0.4) is 0 Å². The van der Waals surface area contributed by atoms with Crippen molar-refractivity contribution in [1.82, 2.24) is 0 Å². The molecule has 0 bridgehead atoms. The molecule has 0 aromatic heterocycles. The van der Waals surface area contributed by atoms with Crippen LogP contribution in [0.15, 0.2) is 0 Å². The monoisotopic (exact) mass is 218 g/mol. The first-order valence-electron chi connectivity index (χ1n) is 4.01. The first kappa shape index (κ1) is 10.9. The molecule has 78 valence electrons. The third-order valence-corrected chi connectivity index (χ3v) is 3.46. The van der Waals surface area contributed by atoms with Gasteiger partial charge >= 0.3 is 6.16 Å². The number of carbonyl (C=O) groups excluding carboxylic acids is 1. The number of sulfone groups is 1. The summed E-state index contributed by atoms with van der Waals surface area (Å²) >= 11 is 0. The first-order valence-corrected chi connectivity index (χ1v) is 5.83. The summed E-state index contributed by atoms with van der Waals surface area (Å²) in [5.41, 5.74) is 0. The van der Waals surface area contributed by atoms with Gasteiger partial charge in [0.1, 0.15) is 6.10 Å². The average molecular weight is 218 g/mol. The summed E-state index contributed by atoms with van der Waals surface area (Å²) in [6.07, 6.45) is 3.67. The van der Waals surface area contributed by atoms with Crippen LogP contribution in [0.5, 0.6) is 0 Å². The molecule has 0 aliphatic carbocycles. The first-order chi connectivity index (χ1) is 6.53. The third-order valence-electron chi connectivity index (χ3n) is 1.73. The number of rotatable bonds is 2. The molecule has 0 amide bonds. The van der Waals surface area contributed by atoms with Crippen LogP contribution in [0.4, 0.5) is 4.79 Å². The van der Waals surface area contributed by atoms with Gasteiger partial charge in [0.2, 0.25) is 0 Å². The van der Waals surface area contributed by atoms with Crippen LogP contribution in [-0.4, -0.2) is 38.8 Å². The molecule has 1 saturated heterocycles. The molecular formula is C8H10O5S. The zero-order valence-corrected chi connectivity index (χ0v) is 8.25. The molecule has 0 aromatic rings. The number of terminal acetylenes is 1. The lowest BCUT2D eigenvalue weighted by Gasteiger charge is -2.08. The van der Waals surface area contributed by atoms with Gasteiger partial charge in [-0.15, -0.1) is 6.42 Å². The van der Waals surface area contributed by atoms with E-state index in [0.717, 1.165) is 0 Å². The van der Waals surface area contributed by atoms with Crippen LogP contribution < -0.4 is 0 Å². The molecule has 0 radical (unpaired) electrons. The van der Waals surface area contributed by atoms with Crippen molar-refractivity contribution < 1.29 is 22.7 Å². The molecule has 5 nitrogen and oxygen atoms in total. The normalized spacial score (nSPS) is 23.8. The predicted molar refractivity (Wildman–Crippen MR) is 48.3 cm³/mol. The van der Waals surface area contributed by atoms with Crippen molar-refractivity contribution in [3.05, 3.63) is 0 Å². The van der Waals surface area contributed by atoms with E-state index in [1.165, 1.54) is 0 Å². The molecule has 1 heterocycles. The Morgan fingerprint density at radius 1 is 1.57 bits per heavy atom. The summed E-state index contributed by atoms with van der Waals surface area (Å²) in [5, 5.41) is 0. The van der Waals surface area contributed by atoms with E-state index in [4.69, 9.17) is 11.2 Å². The lowest BCUT2D eigenvalue weighted by molar-refractivity contribution is 0.0390. The third kappa shape index (κ3) is 3.26. The van der Waals surface area contributed by atoms with Crippen LogP contribution >= 0.6 is 0 Å². The predicted octanol–water partition coefficient (Wildman–Crippen LogP) is -0.0401. The second kappa shape index (κ2) is 4.33. The van der Waals surface area contributed by atoms with Crippen molar-refractivity contribution in [2.24, 2.45) is 0 Å². The van der Waals surface area contributed by atoms with Crippen molar-refractivity contribution >= 4 is 16.0 Å². The quantitative estimate of drug-likeness (QED) is 0.480. The average Bonchev–Trinajstić information content (AvgIpc) is 2.42. The van der Waals surface area contributed by atoms with Crippen molar-refractivity contribution in [3.63, 3.8) is 0 Å². The van der Waals surface area contributed by atoms with E-state index in [1.807, 2.05) is 0 Å². The molecule has 6 heteroatoms. The van der Waals surface area contributed by atoms with Crippen LogP contribution in [0, 0.1) is 12.3 Å². The topological polar surface area (TPSA) is 69.7 Å². The number of hydrogen-bond donors (Lipinski definition) is 0. The molecule has 1 rings (SSSR count). The van der Waals surface area contributed by atoms with Gasteiger partial charge in [0, 0.05) is 0 Å². The van der Waals surface area contributed by atoms with Gasteiger partial charge in [-0.3, -0.25) is 0 Å². The van der Waals surface area contributed by atoms with Crippen LogP contribution in [-0.2, 0) is 19.3 Å². The van der Waals surface area contributed by atoms with E-state index in [0.29, 0.717) is 6.42 Å². The second-order valence-electron chi connectivity index (χ2n) is 2.89. The Hall–Kier alpha value is -1.22. The molecule has 14 heavy (non-hydrogen) atoms. The highest BCUT2D eigenvalue weighted by Gasteiger charge is 2.31. The Kier molecular flexibility index (Phi) is 3.36. The summed E-state index contributed by atoms with van der Waals surface area (Å²) in [6.45, 7) is -0.168. The molecule has 0 saturated carbocycles. The summed E-state index contributed by atoms with van der Waals surface area (Å²) in [6, 6.07) is 0. The van der Waals surface area contributed by atoms with Gasteiger partial charge in [-0.25, -0.2) is 13.2 Å². The molecule has 1 aliphatic heterocycles. The molecule has 1 atom stereocenters. The van der Waals surface area contributed by atoms with Crippen LogP contribution in [0.25, 0.3) is 0 Å². The maximum absolute atomic E-state index is 11.0. The van der Waals surface area contributed by atoms with Crippen molar-refractivity contribution in [1.29, 1.82) is 0 Å². The van der Waals surface area contributed by atoms with Gasteiger partial charge in [-0.05, 0) is 6.42 Å². The van der Waals surface area contributed by atoms with Gasteiger partial charge in [0.25, 0.3) is 0 Å². The van der Waals surface area contributed by atoms with Crippen molar-refractivity contribution in [3.8, 4) is 12.3 Å². The number of ether oxygens (including phenoxy) is 2. The summed E-state index contributed by atoms with van der Waals surface area (Å²) in [5.74, 6) is 2.03. The van der Waals surface area contributed by atoms with Gasteiger partial charge in [-0.1, -0.05) is 5.92 Å². The highest BCUT2D eigenvalue weighted by molar-refractivity contribution is 7.91. The Labute approximate surface area is 82.3 Å². The summed E-state index contributed by atoms with van der Waals surface area (Å²) < 4.78 is 31.1. The van der Waals surface area contributed by atoms with Crippen molar-refractivity contribution in [2.45, 2.75) is 12.5 Å². The zero-order chi connectivity index (χ0) is 10.6. The molecule has 0 aromatic carbocycles. The van der Waals surface area contributed by atoms with Crippen LogP contribution in [0.2, 0.25) is 0 Å². The Balaban J connectivity index is 2.33. The van der Waals surface area contributed by atoms with E-state index in [-0.39, 0.29) is 18.1 Å². The standard InChI is InChI=1S/C8H10O5S/c1-2-4-12-8(9)13-7-3-5-14(10,11)6-7/h1,7H,3-6H2. The number of hydrogen-bond acceptors (Lipinski definition) is 5. The summed E-state index contributed by atoms with van der Waals surface area (Å²) in [4.78, 5) is 10.8. The molecule has 1 aliphatic rings. The fourth-order valence-corrected chi connectivity index (χ4v) is 2.71. The minimum absolute atomic E-state index is 0.0556. The fourth-order valence-electron chi connectivity index (χ4n) is 1.12. The van der Waals surface area contributed by atoms with E-state index in [1.54, 1.807) is 0 Å². The maximum Gasteiger partial charge on any atom is 0.509 e. The van der Waals surface area contributed by atoms with Crippen molar-refractivity contribution in [2.75, 3.05) is 18.1 Å². The van der Waals surface area contributed by atoms with E-state index in [9.17, 15) is 13.2 Å². The second-order valence-corrected chi connectivity index (χ2v) is 5.11. The zero-order valence-electron chi connectivity index (χ0n) is 7.43. The van der Waals surface area contributed by atoms with E-state index in [2.05, 4.69) is 10.7 Å². The van der Waals surface area contributed by atoms with Gasteiger partial charge in [0.15, 0.2) is 16.4 Å².